The number of ether oxygens (including phenoxy) is 1. The molecule has 0 aliphatic carbocycles. The highest BCUT2D eigenvalue weighted by molar-refractivity contribution is 6.06. The van der Waals surface area contributed by atoms with Gasteiger partial charge < -0.3 is 15.0 Å². The summed E-state index contributed by atoms with van der Waals surface area (Å²) in [5, 5.41) is 4.18. The molecule has 0 unspecified atom stereocenters. The zero-order valence-electron chi connectivity index (χ0n) is 12.7. The van der Waals surface area contributed by atoms with Gasteiger partial charge in [-0.25, -0.2) is 0 Å². The van der Waals surface area contributed by atoms with Gasteiger partial charge in [0.1, 0.15) is 0 Å². The molecule has 2 fully saturated rings. The Bertz CT molecular complexity index is 696. The van der Waals surface area contributed by atoms with Crippen molar-refractivity contribution in [3.63, 3.8) is 0 Å². The summed E-state index contributed by atoms with van der Waals surface area (Å²) in [6.45, 7) is 4.77. The summed E-state index contributed by atoms with van der Waals surface area (Å²) >= 11 is 0. The van der Waals surface area contributed by atoms with Crippen molar-refractivity contribution < 1.29 is 9.53 Å². The number of carbonyl (C=O) groups excluding carboxylic acids is 1. The first-order valence-corrected chi connectivity index (χ1v) is 7.93. The van der Waals surface area contributed by atoms with Crippen molar-refractivity contribution in [3.05, 3.63) is 36.0 Å². The fraction of sp³-hybridized carbons (Fsp3) is 0.471. The average molecular weight is 299 g/mol. The second-order valence-corrected chi connectivity index (χ2v) is 6.40. The average Bonchev–Trinajstić information content (AvgIpc) is 3.11. The lowest BCUT2D eigenvalue weighted by Gasteiger charge is -2.33. The lowest BCUT2D eigenvalue weighted by atomic mass is 10.1. The van der Waals surface area contributed by atoms with Crippen LogP contribution in [0.5, 0.6) is 0 Å². The number of morpholine rings is 1. The van der Waals surface area contributed by atoms with Crippen LogP contribution in [0.15, 0.2) is 30.5 Å². The van der Waals surface area contributed by atoms with E-state index in [-0.39, 0.29) is 11.9 Å². The molecule has 22 heavy (non-hydrogen) atoms. The van der Waals surface area contributed by atoms with E-state index in [1.807, 2.05) is 30.5 Å². The molecule has 4 rings (SSSR count). The van der Waals surface area contributed by atoms with Gasteiger partial charge in [-0.15, -0.1) is 0 Å². The van der Waals surface area contributed by atoms with E-state index in [0.717, 1.165) is 42.6 Å². The molecule has 0 spiro atoms. The van der Waals surface area contributed by atoms with Gasteiger partial charge in [0.25, 0.3) is 5.91 Å². The summed E-state index contributed by atoms with van der Waals surface area (Å²) in [5.74, 6) is 0.0176. The van der Waals surface area contributed by atoms with E-state index in [1.54, 1.807) is 0 Å². The molecular weight excluding hydrogens is 278 g/mol. The van der Waals surface area contributed by atoms with Gasteiger partial charge in [0.05, 0.1) is 12.7 Å². The normalized spacial score (nSPS) is 28.7. The van der Waals surface area contributed by atoms with Gasteiger partial charge in [-0.1, -0.05) is 6.07 Å². The van der Waals surface area contributed by atoms with Crippen molar-refractivity contribution in [3.8, 4) is 0 Å². The van der Waals surface area contributed by atoms with Crippen molar-refractivity contribution in [1.82, 2.24) is 15.2 Å². The first-order chi connectivity index (χ1) is 10.7. The minimum absolute atomic E-state index is 0.0176. The van der Waals surface area contributed by atoms with E-state index in [0.29, 0.717) is 12.1 Å². The van der Waals surface area contributed by atoms with Crippen LogP contribution >= 0.6 is 0 Å². The maximum atomic E-state index is 12.6. The van der Waals surface area contributed by atoms with E-state index in [1.165, 1.54) is 0 Å². The topological polar surface area (TPSA) is 57.4 Å². The SMILES string of the molecule is C[C@@H]1CN2C[C@@H](NC(=O)c3cccc4[nH]ccc34)C[C@H]2CO1. The van der Waals surface area contributed by atoms with Crippen molar-refractivity contribution >= 4 is 16.8 Å². The van der Waals surface area contributed by atoms with Gasteiger partial charge in [-0.3, -0.25) is 9.69 Å². The lowest BCUT2D eigenvalue weighted by molar-refractivity contribution is -0.0390. The highest BCUT2D eigenvalue weighted by atomic mass is 16.5. The summed E-state index contributed by atoms with van der Waals surface area (Å²) in [5.41, 5.74) is 1.74. The molecule has 1 amide bonds. The predicted molar refractivity (Wildman–Crippen MR) is 84.9 cm³/mol. The highest BCUT2D eigenvalue weighted by Crippen LogP contribution is 2.24. The minimum Gasteiger partial charge on any atom is -0.376 e. The predicted octanol–water partition coefficient (Wildman–Crippen LogP) is 1.76. The fourth-order valence-corrected chi connectivity index (χ4v) is 3.69. The number of amides is 1. The van der Waals surface area contributed by atoms with Crippen LogP contribution in [0.3, 0.4) is 0 Å². The second-order valence-electron chi connectivity index (χ2n) is 6.40. The van der Waals surface area contributed by atoms with Gasteiger partial charge in [-0.05, 0) is 31.5 Å². The van der Waals surface area contributed by atoms with Crippen LogP contribution in [0.1, 0.15) is 23.7 Å². The number of fused-ring (bicyclic) bond motifs is 2. The molecule has 2 saturated heterocycles. The monoisotopic (exact) mass is 299 g/mol. The Hall–Kier alpha value is -1.85. The number of nitrogens with one attached hydrogen (secondary N) is 2. The smallest absolute Gasteiger partial charge is 0.252 e. The van der Waals surface area contributed by atoms with Gasteiger partial charge in [0, 0.05) is 47.8 Å². The molecule has 2 aliphatic rings. The molecule has 3 heterocycles. The standard InChI is InChI=1S/C17H21N3O2/c1-11-8-20-9-12(7-13(20)10-22-11)19-17(21)15-3-2-4-16-14(15)5-6-18-16/h2-6,11-13,18H,7-10H2,1H3,(H,19,21)/t11-,12+,13+/m1/s1. The Morgan fingerprint density at radius 2 is 2.27 bits per heavy atom. The molecule has 3 atom stereocenters. The first-order valence-electron chi connectivity index (χ1n) is 7.93. The Morgan fingerprint density at radius 3 is 3.18 bits per heavy atom. The van der Waals surface area contributed by atoms with Gasteiger partial charge in [0.15, 0.2) is 0 Å². The molecule has 1 aromatic heterocycles. The number of hydrogen-bond donors (Lipinski definition) is 2. The van der Waals surface area contributed by atoms with Crippen LogP contribution in [0.4, 0.5) is 0 Å². The van der Waals surface area contributed by atoms with E-state index in [2.05, 4.69) is 22.1 Å². The van der Waals surface area contributed by atoms with Crippen molar-refractivity contribution in [2.24, 2.45) is 0 Å². The van der Waals surface area contributed by atoms with Crippen molar-refractivity contribution in [2.45, 2.75) is 31.5 Å². The third kappa shape index (κ3) is 2.40. The zero-order chi connectivity index (χ0) is 15.1. The molecule has 2 N–H and O–H groups in total. The van der Waals surface area contributed by atoms with Crippen LogP contribution in [0, 0.1) is 0 Å². The van der Waals surface area contributed by atoms with Crippen LogP contribution in [-0.2, 0) is 4.74 Å². The summed E-state index contributed by atoms with van der Waals surface area (Å²) in [7, 11) is 0. The Labute approximate surface area is 129 Å². The van der Waals surface area contributed by atoms with E-state index in [9.17, 15) is 4.79 Å². The third-order valence-corrected chi connectivity index (χ3v) is 4.77. The molecule has 5 heteroatoms. The highest BCUT2D eigenvalue weighted by Gasteiger charge is 2.36. The van der Waals surface area contributed by atoms with Gasteiger partial charge >= 0.3 is 0 Å². The minimum atomic E-state index is 0.0176. The fourth-order valence-electron chi connectivity index (χ4n) is 3.69. The molecule has 5 nitrogen and oxygen atoms in total. The van der Waals surface area contributed by atoms with Crippen LogP contribution in [0.25, 0.3) is 10.9 Å². The van der Waals surface area contributed by atoms with Crippen LogP contribution in [0.2, 0.25) is 0 Å². The molecule has 0 bridgehead atoms. The number of aromatic amines is 1. The summed E-state index contributed by atoms with van der Waals surface area (Å²) in [4.78, 5) is 18.2. The van der Waals surface area contributed by atoms with Crippen molar-refractivity contribution in [2.75, 3.05) is 19.7 Å². The summed E-state index contributed by atoms with van der Waals surface area (Å²) in [6, 6.07) is 8.41. The van der Waals surface area contributed by atoms with Crippen molar-refractivity contribution in [1.29, 1.82) is 0 Å². The molecule has 2 aromatic rings. The number of benzene rings is 1. The Kier molecular flexibility index (Phi) is 3.39. The quantitative estimate of drug-likeness (QED) is 0.888. The second kappa shape index (κ2) is 5.41. The van der Waals surface area contributed by atoms with Crippen LogP contribution < -0.4 is 5.32 Å². The van der Waals surface area contributed by atoms with E-state index < -0.39 is 0 Å². The number of nitrogens with zero attached hydrogens (tertiary/aromatic N) is 1. The molecular formula is C17H21N3O2. The molecule has 2 aliphatic heterocycles. The summed E-state index contributed by atoms with van der Waals surface area (Å²) < 4.78 is 5.72. The maximum absolute atomic E-state index is 12.6. The number of rotatable bonds is 2. The maximum Gasteiger partial charge on any atom is 0.252 e. The number of aromatic nitrogens is 1. The first kappa shape index (κ1) is 13.8. The Balaban J connectivity index is 1.48. The largest absolute Gasteiger partial charge is 0.376 e. The summed E-state index contributed by atoms with van der Waals surface area (Å²) in [6.07, 6.45) is 3.14. The van der Waals surface area contributed by atoms with E-state index >= 15 is 0 Å². The Morgan fingerprint density at radius 1 is 1.36 bits per heavy atom. The molecule has 0 radical (unpaired) electrons. The molecule has 0 saturated carbocycles. The number of carbonyl (C=O) groups is 1. The van der Waals surface area contributed by atoms with Gasteiger partial charge in [0.2, 0.25) is 0 Å². The molecule has 116 valence electrons. The third-order valence-electron chi connectivity index (χ3n) is 4.77. The van der Waals surface area contributed by atoms with Crippen LogP contribution in [-0.4, -0.2) is 53.7 Å². The molecule has 1 aromatic carbocycles. The number of hydrogen-bond acceptors (Lipinski definition) is 3. The zero-order valence-corrected chi connectivity index (χ0v) is 12.7. The van der Waals surface area contributed by atoms with E-state index in [4.69, 9.17) is 4.74 Å². The number of H-pyrrole nitrogens is 1. The van der Waals surface area contributed by atoms with Gasteiger partial charge in [-0.2, -0.15) is 0 Å². The lowest BCUT2D eigenvalue weighted by Crippen LogP contribution is -2.45.